The van der Waals surface area contributed by atoms with E-state index in [1.54, 1.807) is 0 Å². The van der Waals surface area contributed by atoms with Crippen molar-refractivity contribution in [3.8, 4) is 0 Å². The zero-order valence-corrected chi connectivity index (χ0v) is 7.86. The van der Waals surface area contributed by atoms with Crippen LogP contribution in [0.25, 0.3) is 0 Å². The molecule has 1 fully saturated rings. The first kappa shape index (κ1) is 9.36. The van der Waals surface area contributed by atoms with Crippen LogP contribution in [0.4, 0.5) is 0 Å². The SMILES string of the molecule is CCC(N)C1(O)CCSCC1. The number of hydrogen-bond acceptors (Lipinski definition) is 3. The van der Waals surface area contributed by atoms with Crippen LogP contribution in [0.15, 0.2) is 0 Å². The largest absolute Gasteiger partial charge is 0.388 e. The van der Waals surface area contributed by atoms with E-state index >= 15 is 0 Å². The van der Waals surface area contributed by atoms with Crippen molar-refractivity contribution in [3.05, 3.63) is 0 Å². The molecule has 0 bridgehead atoms. The number of aliphatic hydroxyl groups is 1. The van der Waals surface area contributed by atoms with Gasteiger partial charge >= 0.3 is 0 Å². The molecule has 1 atom stereocenters. The maximum atomic E-state index is 10.0. The molecular formula is C8H17NOS. The van der Waals surface area contributed by atoms with Gasteiger partial charge in [0.2, 0.25) is 0 Å². The van der Waals surface area contributed by atoms with Crippen molar-refractivity contribution in [3.63, 3.8) is 0 Å². The fourth-order valence-corrected chi connectivity index (χ4v) is 2.68. The average molecular weight is 175 g/mol. The van der Waals surface area contributed by atoms with E-state index < -0.39 is 5.60 Å². The molecule has 0 aromatic rings. The molecule has 1 unspecified atom stereocenters. The molecule has 0 radical (unpaired) electrons. The van der Waals surface area contributed by atoms with Gasteiger partial charge in [0.05, 0.1) is 5.60 Å². The molecule has 0 spiro atoms. The summed E-state index contributed by atoms with van der Waals surface area (Å²) in [5.41, 5.74) is 5.27. The molecule has 1 aliphatic heterocycles. The van der Waals surface area contributed by atoms with Crippen molar-refractivity contribution in [2.45, 2.75) is 37.8 Å². The second-order valence-electron chi connectivity index (χ2n) is 3.23. The molecule has 0 aromatic heterocycles. The van der Waals surface area contributed by atoms with Crippen molar-refractivity contribution >= 4 is 11.8 Å². The monoisotopic (exact) mass is 175 g/mol. The van der Waals surface area contributed by atoms with Gasteiger partial charge in [-0.2, -0.15) is 11.8 Å². The molecule has 0 aromatic carbocycles. The second-order valence-corrected chi connectivity index (χ2v) is 4.46. The highest BCUT2D eigenvalue weighted by Crippen LogP contribution is 2.29. The number of rotatable bonds is 2. The van der Waals surface area contributed by atoms with E-state index in [0.717, 1.165) is 30.8 Å². The van der Waals surface area contributed by atoms with Crippen LogP contribution in [0.1, 0.15) is 26.2 Å². The third-order valence-electron chi connectivity index (χ3n) is 2.49. The third kappa shape index (κ3) is 2.10. The first-order chi connectivity index (χ1) is 5.19. The van der Waals surface area contributed by atoms with Gasteiger partial charge in [0.15, 0.2) is 0 Å². The maximum Gasteiger partial charge on any atom is 0.0813 e. The van der Waals surface area contributed by atoms with Crippen molar-refractivity contribution in [1.82, 2.24) is 0 Å². The van der Waals surface area contributed by atoms with Crippen molar-refractivity contribution in [1.29, 1.82) is 0 Å². The lowest BCUT2D eigenvalue weighted by molar-refractivity contribution is 0.00518. The molecule has 1 aliphatic rings. The van der Waals surface area contributed by atoms with Gasteiger partial charge in [0.25, 0.3) is 0 Å². The Morgan fingerprint density at radius 1 is 1.55 bits per heavy atom. The van der Waals surface area contributed by atoms with Gasteiger partial charge in [-0.25, -0.2) is 0 Å². The lowest BCUT2D eigenvalue weighted by Crippen LogP contribution is -2.49. The van der Waals surface area contributed by atoms with Crippen molar-refractivity contribution in [2.24, 2.45) is 5.73 Å². The highest BCUT2D eigenvalue weighted by Gasteiger charge is 2.34. The van der Waals surface area contributed by atoms with Crippen molar-refractivity contribution < 1.29 is 5.11 Å². The summed E-state index contributed by atoms with van der Waals surface area (Å²) in [4.78, 5) is 0. The first-order valence-corrected chi connectivity index (χ1v) is 5.40. The Morgan fingerprint density at radius 3 is 2.55 bits per heavy atom. The molecule has 1 heterocycles. The van der Waals surface area contributed by atoms with Gasteiger partial charge in [0, 0.05) is 6.04 Å². The minimum Gasteiger partial charge on any atom is -0.388 e. The van der Waals surface area contributed by atoms with Gasteiger partial charge in [-0.15, -0.1) is 0 Å². The summed E-state index contributed by atoms with van der Waals surface area (Å²) < 4.78 is 0. The minimum atomic E-state index is -0.556. The fraction of sp³-hybridized carbons (Fsp3) is 1.00. The quantitative estimate of drug-likeness (QED) is 0.657. The molecule has 2 nitrogen and oxygen atoms in total. The summed E-state index contributed by atoms with van der Waals surface area (Å²) in [7, 11) is 0. The van der Waals surface area contributed by atoms with Crippen LogP contribution in [0.3, 0.4) is 0 Å². The summed E-state index contributed by atoms with van der Waals surface area (Å²) in [6.45, 7) is 2.03. The molecule has 0 aliphatic carbocycles. The molecule has 11 heavy (non-hydrogen) atoms. The van der Waals surface area contributed by atoms with E-state index in [2.05, 4.69) is 0 Å². The van der Waals surface area contributed by atoms with Gasteiger partial charge in [-0.3, -0.25) is 0 Å². The Kier molecular flexibility index (Phi) is 3.22. The second kappa shape index (κ2) is 3.78. The molecular weight excluding hydrogens is 158 g/mol. The highest BCUT2D eigenvalue weighted by molar-refractivity contribution is 7.99. The molecule has 0 saturated carbocycles. The Balaban J connectivity index is 2.49. The van der Waals surface area contributed by atoms with E-state index in [9.17, 15) is 5.11 Å². The van der Waals surface area contributed by atoms with E-state index in [1.165, 1.54) is 0 Å². The van der Waals surface area contributed by atoms with E-state index in [4.69, 9.17) is 5.73 Å². The first-order valence-electron chi connectivity index (χ1n) is 4.25. The van der Waals surface area contributed by atoms with E-state index in [-0.39, 0.29) is 6.04 Å². The summed E-state index contributed by atoms with van der Waals surface area (Å²) in [6, 6.07) is -0.0246. The molecule has 0 amide bonds. The number of hydrogen-bond donors (Lipinski definition) is 2. The molecule has 3 N–H and O–H groups in total. The highest BCUT2D eigenvalue weighted by atomic mass is 32.2. The minimum absolute atomic E-state index is 0.0246. The number of thioether (sulfide) groups is 1. The smallest absolute Gasteiger partial charge is 0.0813 e. The Morgan fingerprint density at radius 2 is 2.09 bits per heavy atom. The zero-order chi connectivity index (χ0) is 8.32. The van der Waals surface area contributed by atoms with Crippen LogP contribution < -0.4 is 5.73 Å². The molecule has 3 heteroatoms. The van der Waals surface area contributed by atoms with Gasteiger partial charge in [-0.05, 0) is 30.8 Å². The lowest BCUT2D eigenvalue weighted by Gasteiger charge is -2.36. The van der Waals surface area contributed by atoms with Crippen LogP contribution >= 0.6 is 11.8 Å². The maximum absolute atomic E-state index is 10.0. The average Bonchev–Trinajstić information content (AvgIpc) is 2.04. The zero-order valence-electron chi connectivity index (χ0n) is 7.05. The van der Waals surface area contributed by atoms with Crippen LogP contribution in [-0.4, -0.2) is 28.3 Å². The van der Waals surface area contributed by atoms with Crippen LogP contribution in [0.2, 0.25) is 0 Å². The fourth-order valence-electron chi connectivity index (χ4n) is 1.48. The molecule has 1 saturated heterocycles. The predicted octanol–water partition coefficient (Wildman–Crippen LogP) is 0.982. The summed E-state index contributed by atoms with van der Waals surface area (Å²) in [6.07, 6.45) is 2.61. The lowest BCUT2D eigenvalue weighted by atomic mass is 9.87. The molecule has 1 rings (SSSR count). The van der Waals surface area contributed by atoms with Crippen molar-refractivity contribution in [2.75, 3.05) is 11.5 Å². The van der Waals surface area contributed by atoms with Gasteiger partial charge < -0.3 is 10.8 Å². The van der Waals surface area contributed by atoms with Crippen LogP contribution in [0.5, 0.6) is 0 Å². The molecule has 66 valence electrons. The van der Waals surface area contributed by atoms with Gasteiger partial charge in [0.1, 0.15) is 0 Å². The summed E-state index contributed by atoms with van der Waals surface area (Å²) in [5, 5.41) is 10.0. The standard InChI is InChI=1S/C8H17NOS/c1-2-7(9)8(10)3-5-11-6-4-8/h7,10H,2-6,9H2,1H3. The van der Waals surface area contributed by atoms with Crippen LogP contribution in [0, 0.1) is 0 Å². The number of nitrogens with two attached hydrogens (primary N) is 1. The summed E-state index contributed by atoms with van der Waals surface area (Å²) in [5.74, 6) is 2.12. The Hall–Kier alpha value is 0.270. The summed E-state index contributed by atoms with van der Waals surface area (Å²) >= 11 is 1.91. The normalized spacial score (nSPS) is 26.5. The van der Waals surface area contributed by atoms with E-state index in [0.29, 0.717) is 0 Å². The Labute approximate surface area is 72.5 Å². The predicted molar refractivity (Wildman–Crippen MR) is 49.8 cm³/mol. The third-order valence-corrected chi connectivity index (χ3v) is 3.47. The Bertz CT molecular complexity index is 123. The van der Waals surface area contributed by atoms with Crippen LogP contribution in [-0.2, 0) is 0 Å². The van der Waals surface area contributed by atoms with Gasteiger partial charge in [-0.1, -0.05) is 6.92 Å². The van der Waals surface area contributed by atoms with E-state index in [1.807, 2.05) is 18.7 Å². The topological polar surface area (TPSA) is 46.2 Å².